The predicted octanol–water partition coefficient (Wildman–Crippen LogP) is 6.50. The Hall–Kier alpha value is -3.39. The summed E-state index contributed by atoms with van der Waals surface area (Å²) < 4.78 is 47.2. The fraction of sp³-hybridized carbons (Fsp3) is 0.269. The summed E-state index contributed by atoms with van der Waals surface area (Å²) in [5.74, 6) is -4.69. The Morgan fingerprint density at radius 3 is 2.46 bits per heavy atom. The Bertz CT molecular complexity index is 1290. The summed E-state index contributed by atoms with van der Waals surface area (Å²) in [6.45, 7) is 1.37. The van der Waals surface area contributed by atoms with Crippen molar-refractivity contribution in [2.75, 3.05) is 12.4 Å². The first-order valence-electron chi connectivity index (χ1n) is 11.0. The maximum Gasteiger partial charge on any atom is 0.338 e. The van der Waals surface area contributed by atoms with Crippen molar-refractivity contribution in [2.45, 2.75) is 37.5 Å². The first-order chi connectivity index (χ1) is 16.6. The van der Waals surface area contributed by atoms with Gasteiger partial charge in [0.2, 0.25) is 5.91 Å². The van der Waals surface area contributed by atoms with Crippen molar-refractivity contribution in [3.8, 4) is 11.1 Å². The third kappa shape index (κ3) is 4.75. The van der Waals surface area contributed by atoms with Gasteiger partial charge in [-0.3, -0.25) is 9.78 Å². The molecule has 0 aliphatic heterocycles. The highest BCUT2D eigenvalue weighted by molar-refractivity contribution is 6.30. The van der Waals surface area contributed by atoms with Gasteiger partial charge in [-0.1, -0.05) is 36.7 Å². The maximum atomic E-state index is 14.5. The number of aromatic nitrogens is 1. The number of amides is 1. The maximum absolute atomic E-state index is 14.5. The lowest BCUT2D eigenvalue weighted by Gasteiger charge is -2.18. The monoisotopic (exact) mass is 502 g/mol. The molecule has 1 aliphatic rings. The second-order valence-corrected chi connectivity index (χ2v) is 8.84. The highest BCUT2D eigenvalue weighted by Gasteiger charge is 2.52. The molecule has 1 aliphatic carbocycles. The van der Waals surface area contributed by atoms with Gasteiger partial charge in [-0.25, -0.2) is 9.18 Å². The quantitative estimate of drug-likeness (QED) is 0.374. The summed E-state index contributed by atoms with van der Waals surface area (Å²) in [6, 6.07) is 11.5. The lowest BCUT2D eigenvalue weighted by molar-refractivity contribution is -0.118. The highest BCUT2D eigenvalue weighted by atomic mass is 35.5. The number of hydrogen-bond donors (Lipinski definition) is 1. The number of hydrogen-bond acceptors (Lipinski definition) is 4. The van der Waals surface area contributed by atoms with E-state index in [4.69, 9.17) is 16.3 Å². The molecule has 3 aromatic rings. The number of alkyl halides is 2. The van der Waals surface area contributed by atoms with Crippen LogP contribution in [-0.4, -0.2) is 24.0 Å². The third-order valence-electron chi connectivity index (χ3n) is 6.21. The molecular weight excluding hydrogens is 481 g/mol. The van der Waals surface area contributed by atoms with Crippen molar-refractivity contribution in [3.05, 3.63) is 82.4 Å². The molecule has 1 saturated carbocycles. The Kier molecular flexibility index (Phi) is 6.60. The largest absolute Gasteiger partial charge is 0.465 e. The summed E-state index contributed by atoms with van der Waals surface area (Å²) in [4.78, 5) is 29.4. The van der Waals surface area contributed by atoms with E-state index in [0.29, 0.717) is 29.7 Å². The van der Waals surface area contributed by atoms with Crippen molar-refractivity contribution in [2.24, 2.45) is 0 Å². The number of pyridine rings is 1. The molecule has 0 radical (unpaired) electrons. The number of esters is 1. The zero-order valence-electron chi connectivity index (χ0n) is 19.0. The van der Waals surface area contributed by atoms with Crippen LogP contribution in [0, 0.1) is 5.82 Å². The topological polar surface area (TPSA) is 68.3 Å². The highest BCUT2D eigenvalue weighted by Crippen LogP contribution is 2.50. The van der Waals surface area contributed by atoms with Crippen molar-refractivity contribution in [1.82, 2.24) is 4.98 Å². The van der Waals surface area contributed by atoms with Crippen LogP contribution in [0.5, 0.6) is 0 Å². The fourth-order valence-electron chi connectivity index (χ4n) is 3.98. The van der Waals surface area contributed by atoms with E-state index in [1.54, 1.807) is 12.1 Å². The molecule has 2 aromatic carbocycles. The number of anilines is 1. The van der Waals surface area contributed by atoms with Gasteiger partial charge in [-0.15, -0.1) is 0 Å². The van der Waals surface area contributed by atoms with Crippen LogP contribution in [0.25, 0.3) is 11.1 Å². The molecule has 9 heteroatoms. The van der Waals surface area contributed by atoms with Crippen LogP contribution in [0.4, 0.5) is 18.9 Å². The summed E-state index contributed by atoms with van der Waals surface area (Å²) in [7, 11) is 1.21. The summed E-state index contributed by atoms with van der Waals surface area (Å²) >= 11 is 5.84. The fourth-order valence-corrected chi connectivity index (χ4v) is 4.13. The molecule has 5 nitrogen and oxygen atoms in total. The molecule has 0 atom stereocenters. The predicted molar refractivity (Wildman–Crippen MR) is 126 cm³/mol. The van der Waals surface area contributed by atoms with E-state index in [1.807, 2.05) is 0 Å². The van der Waals surface area contributed by atoms with Gasteiger partial charge in [0.1, 0.15) is 11.5 Å². The lowest BCUT2D eigenvalue weighted by Crippen LogP contribution is -2.28. The number of carbonyl (C=O) groups excluding carboxylic acids is 2. The Morgan fingerprint density at radius 2 is 1.89 bits per heavy atom. The summed E-state index contributed by atoms with van der Waals surface area (Å²) in [6.07, 6.45) is 1.82. The van der Waals surface area contributed by atoms with Crippen LogP contribution in [0.15, 0.2) is 54.7 Å². The Labute approximate surface area is 205 Å². The second-order valence-electron chi connectivity index (χ2n) is 8.40. The van der Waals surface area contributed by atoms with E-state index in [-0.39, 0.29) is 28.3 Å². The average Bonchev–Trinajstić information content (AvgIpc) is 3.65. The second kappa shape index (κ2) is 9.34. The molecule has 1 heterocycles. The minimum atomic E-state index is -3.06. The zero-order valence-corrected chi connectivity index (χ0v) is 19.8. The van der Waals surface area contributed by atoms with Gasteiger partial charge in [0.15, 0.2) is 0 Å². The Balaban J connectivity index is 1.63. The van der Waals surface area contributed by atoms with Gasteiger partial charge in [0.05, 0.1) is 18.1 Å². The SMILES string of the molecule is CCC(F)(F)c1ccc(-c2ccc(NC(=O)C3(c4ccc(Cl)cc4F)CC3)cc2C(=O)OC)cn1. The molecule has 35 heavy (non-hydrogen) atoms. The van der Waals surface area contributed by atoms with E-state index in [9.17, 15) is 22.8 Å². The van der Waals surface area contributed by atoms with Gasteiger partial charge >= 0.3 is 5.97 Å². The number of nitrogens with one attached hydrogen (secondary N) is 1. The molecule has 1 aromatic heterocycles. The van der Waals surface area contributed by atoms with Gasteiger partial charge in [-0.2, -0.15) is 8.78 Å². The minimum Gasteiger partial charge on any atom is -0.465 e. The van der Waals surface area contributed by atoms with Crippen molar-refractivity contribution >= 4 is 29.2 Å². The van der Waals surface area contributed by atoms with Crippen molar-refractivity contribution in [1.29, 1.82) is 0 Å². The first kappa shape index (κ1) is 24.7. The molecule has 1 amide bonds. The van der Waals surface area contributed by atoms with Crippen LogP contribution in [-0.2, 0) is 20.9 Å². The molecule has 1 N–H and O–H groups in total. The number of ether oxygens (including phenoxy) is 1. The van der Waals surface area contributed by atoms with Crippen LogP contribution < -0.4 is 5.32 Å². The number of benzene rings is 2. The van der Waals surface area contributed by atoms with Crippen LogP contribution in [0.3, 0.4) is 0 Å². The number of carbonyl (C=O) groups is 2. The number of nitrogens with zero attached hydrogens (tertiary/aromatic N) is 1. The Morgan fingerprint density at radius 1 is 1.14 bits per heavy atom. The number of methoxy groups -OCH3 is 1. The van der Waals surface area contributed by atoms with E-state index < -0.39 is 29.0 Å². The molecule has 4 rings (SSSR count). The van der Waals surface area contributed by atoms with Gasteiger partial charge in [-0.05, 0) is 48.7 Å². The van der Waals surface area contributed by atoms with E-state index in [1.165, 1.54) is 56.6 Å². The standard InChI is InChI=1S/C26H22ClF3N2O3/c1-3-26(29,30)22-9-4-15(14-31-22)18-7-6-17(13-19(18)23(33)35-2)32-24(34)25(10-11-25)20-8-5-16(27)12-21(20)28/h4-9,12-14H,3,10-11H2,1-2H3,(H,32,34). The minimum absolute atomic E-state index is 0.115. The smallest absolute Gasteiger partial charge is 0.338 e. The van der Waals surface area contributed by atoms with Crippen LogP contribution in [0.1, 0.15) is 47.8 Å². The summed E-state index contributed by atoms with van der Waals surface area (Å²) in [5.41, 5.74) is 0.143. The molecule has 0 saturated heterocycles. The average molecular weight is 503 g/mol. The van der Waals surface area contributed by atoms with Crippen LogP contribution >= 0.6 is 11.6 Å². The third-order valence-corrected chi connectivity index (χ3v) is 6.44. The van der Waals surface area contributed by atoms with Crippen LogP contribution in [0.2, 0.25) is 5.02 Å². The number of halogens is 4. The van der Waals surface area contributed by atoms with E-state index in [0.717, 1.165) is 0 Å². The van der Waals surface area contributed by atoms with Gasteiger partial charge in [0.25, 0.3) is 5.92 Å². The molecule has 0 unspecified atom stereocenters. The van der Waals surface area contributed by atoms with E-state index >= 15 is 0 Å². The van der Waals surface area contributed by atoms with Crippen molar-refractivity contribution in [3.63, 3.8) is 0 Å². The zero-order chi connectivity index (χ0) is 25.4. The molecule has 0 spiro atoms. The van der Waals surface area contributed by atoms with Crippen molar-refractivity contribution < 1.29 is 27.5 Å². The molecule has 0 bridgehead atoms. The molecular formula is C26H22ClF3N2O3. The first-order valence-corrected chi connectivity index (χ1v) is 11.3. The van der Waals surface area contributed by atoms with Gasteiger partial charge in [0, 0.05) is 34.5 Å². The van der Waals surface area contributed by atoms with Gasteiger partial charge < -0.3 is 10.1 Å². The molecule has 1 fully saturated rings. The van der Waals surface area contributed by atoms with E-state index in [2.05, 4.69) is 10.3 Å². The molecule has 182 valence electrons. The lowest BCUT2D eigenvalue weighted by atomic mass is 9.94. The number of rotatable bonds is 7. The normalized spacial score (nSPS) is 14.3. The summed E-state index contributed by atoms with van der Waals surface area (Å²) in [5, 5.41) is 3.00.